The largest absolute Gasteiger partial charge is 0.487 e. The Balaban J connectivity index is 1.86. The minimum atomic E-state index is -0.285. The molecule has 2 N–H and O–H groups in total. The Morgan fingerprint density at radius 1 is 1.11 bits per heavy atom. The quantitative estimate of drug-likeness (QED) is 0.567. The van der Waals surface area contributed by atoms with Gasteiger partial charge >= 0.3 is 6.03 Å². The molecule has 0 aliphatic carbocycles. The molecule has 0 spiro atoms. The number of halogens is 1. The molecule has 146 valence electrons. The van der Waals surface area contributed by atoms with E-state index in [1.165, 1.54) is 5.56 Å². The molecule has 5 nitrogen and oxygen atoms in total. The van der Waals surface area contributed by atoms with E-state index in [4.69, 9.17) is 21.1 Å². The Hall–Kier alpha value is -2.24. The third kappa shape index (κ3) is 7.49. The fraction of sp³-hybridized carbons (Fsp3) is 0.381. The lowest BCUT2D eigenvalue weighted by Crippen LogP contribution is -2.36. The second-order valence-corrected chi connectivity index (χ2v) is 6.59. The summed E-state index contributed by atoms with van der Waals surface area (Å²) in [5.74, 6) is 0.450. The van der Waals surface area contributed by atoms with Gasteiger partial charge in [-0.25, -0.2) is 4.79 Å². The highest BCUT2D eigenvalue weighted by molar-refractivity contribution is 6.32. The van der Waals surface area contributed by atoms with Gasteiger partial charge in [-0.2, -0.15) is 0 Å². The summed E-state index contributed by atoms with van der Waals surface area (Å²) >= 11 is 6.21. The summed E-state index contributed by atoms with van der Waals surface area (Å²) in [6, 6.07) is 15.2. The van der Waals surface area contributed by atoms with Gasteiger partial charge in [0.15, 0.2) is 5.75 Å². The minimum Gasteiger partial charge on any atom is -0.487 e. The van der Waals surface area contributed by atoms with Crippen LogP contribution in [0.4, 0.5) is 10.5 Å². The van der Waals surface area contributed by atoms with Gasteiger partial charge in [-0.3, -0.25) is 0 Å². The number of hydrogen-bond donors (Lipinski definition) is 2. The summed E-state index contributed by atoms with van der Waals surface area (Å²) < 4.78 is 10.9. The zero-order valence-corrected chi connectivity index (χ0v) is 16.6. The van der Waals surface area contributed by atoms with E-state index in [2.05, 4.69) is 22.8 Å². The van der Waals surface area contributed by atoms with Crippen molar-refractivity contribution in [2.75, 3.05) is 25.1 Å². The first-order valence-electron chi connectivity index (χ1n) is 9.20. The summed E-state index contributed by atoms with van der Waals surface area (Å²) in [5, 5.41) is 6.22. The van der Waals surface area contributed by atoms with Crippen molar-refractivity contribution in [3.05, 3.63) is 59.1 Å². The van der Waals surface area contributed by atoms with E-state index in [0.717, 1.165) is 12.8 Å². The molecule has 0 radical (unpaired) electrons. The van der Waals surface area contributed by atoms with Crippen molar-refractivity contribution in [3.63, 3.8) is 0 Å². The average Bonchev–Trinajstić information content (AvgIpc) is 2.66. The van der Waals surface area contributed by atoms with Crippen LogP contribution in [-0.4, -0.2) is 31.9 Å². The molecule has 27 heavy (non-hydrogen) atoms. The molecule has 0 heterocycles. The van der Waals surface area contributed by atoms with Crippen molar-refractivity contribution in [3.8, 4) is 5.75 Å². The smallest absolute Gasteiger partial charge is 0.319 e. The van der Waals surface area contributed by atoms with Crippen molar-refractivity contribution < 1.29 is 14.3 Å². The van der Waals surface area contributed by atoms with Crippen molar-refractivity contribution in [1.82, 2.24) is 5.32 Å². The van der Waals surface area contributed by atoms with E-state index in [0.29, 0.717) is 36.3 Å². The number of para-hydroxylation sites is 1. The third-order valence-corrected chi connectivity index (χ3v) is 4.28. The Morgan fingerprint density at radius 2 is 1.89 bits per heavy atom. The van der Waals surface area contributed by atoms with Crippen molar-refractivity contribution >= 4 is 23.3 Å². The number of rotatable bonds is 10. The number of amides is 2. The lowest BCUT2D eigenvalue weighted by molar-refractivity contribution is 0.110. The highest BCUT2D eigenvalue weighted by Crippen LogP contribution is 2.32. The highest BCUT2D eigenvalue weighted by Gasteiger charge is 2.13. The van der Waals surface area contributed by atoms with E-state index in [-0.39, 0.29) is 12.1 Å². The van der Waals surface area contributed by atoms with Gasteiger partial charge in [0.05, 0.1) is 17.3 Å². The van der Waals surface area contributed by atoms with Crippen LogP contribution in [-0.2, 0) is 11.2 Å². The van der Waals surface area contributed by atoms with Crippen LogP contribution < -0.4 is 15.4 Å². The number of benzene rings is 2. The maximum atomic E-state index is 12.3. The fourth-order valence-corrected chi connectivity index (χ4v) is 2.81. The van der Waals surface area contributed by atoms with Gasteiger partial charge in [0, 0.05) is 12.6 Å². The fourth-order valence-electron chi connectivity index (χ4n) is 2.58. The Morgan fingerprint density at radius 3 is 2.63 bits per heavy atom. The summed E-state index contributed by atoms with van der Waals surface area (Å²) in [5.41, 5.74) is 1.79. The van der Waals surface area contributed by atoms with Crippen molar-refractivity contribution in [2.24, 2.45) is 0 Å². The van der Waals surface area contributed by atoms with Gasteiger partial charge in [0.1, 0.15) is 6.61 Å². The van der Waals surface area contributed by atoms with Gasteiger partial charge < -0.3 is 20.1 Å². The molecular weight excluding hydrogens is 364 g/mol. The molecule has 6 heteroatoms. The summed E-state index contributed by atoms with van der Waals surface area (Å²) in [4.78, 5) is 12.3. The molecule has 1 unspecified atom stereocenters. The van der Waals surface area contributed by atoms with Crippen LogP contribution in [0.3, 0.4) is 0 Å². The van der Waals surface area contributed by atoms with Gasteiger partial charge in [0.2, 0.25) is 0 Å². The van der Waals surface area contributed by atoms with Crippen LogP contribution in [0.15, 0.2) is 48.5 Å². The monoisotopic (exact) mass is 390 g/mol. The highest BCUT2D eigenvalue weighted by atomic mass is 35.5. The van der Waals surface area contributed by atoms with Gasteiger partial charge in [-0.15, -0.1) is 0 Å². The number of urea groups is 1. The zero-order valence-electron chi connectivity index (χ0n) is 15.8. The predicted octanol–water partition coefficient (Wildman–Crippen LogP) is 4.90. The van der Waals surface area contributed by atoms with Gasteiger partial charge in [-0.05, 0) is 44.4 Å². The van der Waals surface area contributed by atoms with Crippen LogP contribution in [0.25, 0.3) is 0 Å². The molecule has 0 bridgehead atoms. The van der Waals surface area contributed by atoms with Crippen molar-refractivity contribution in [1.29, 1.82) is 0 Å². The van der Waals surface area contributed by atoms with E-state index in [1.54, 1.807) is 18.2 Å². The number of carbonyl (C=O) groups excluding carboxylic acids is 1. The molecule has 0 saturated heterocycles. The predicted molar refractivity (Wildman–Crippen MR) is 110 cm³/mol. The second-order valence-electron chi connectivity index (χ2n) is 6.19. The molecule has 0 aliphatic heterocycles. The molecule has 0 saturated carbocycles. The summed E-state index contributed by atoms with van der Waals surface area (Å²) in [6.45, 7) is 5.36. The lowest BCUT2D eigenvalue weighted by Gasteiger charge is -2.17. The Labute approximate surface area is 166 Å². The minimum absolute atomic E-state index is 0.0340. The standard InChI is InChI=1S/C21H27ClN2O3/c1-3-26-14-15-27-20-18(22)10-7-11-19(20)24-21(25)23-16(2)12-13-17-8-5-4-6-9-17/h4-11,16H,3,12-15H2,1-2H3,(H2,23,24,25). The molecule has 2 rings (SSSR count). The number of nitrogens with one attached hydrogen (secondary N) is 2. The Kier molecular flexibility index (Phi) is 8.95. The first-order valence-corrected chi connectivity index (χ1v) is 9.58. The molecule has 0 fully saturated rings. The number of ether oxygens (including phenoxy) is 2. The van der Waals surface area contributed by atoms with Crippen LogP contribution in [0.5, 0.6) is 5.75 Å². The van der Waals surface area contributed by atoms with E-state index >= 15 is 0 Å². The number of aryl methyl sites for hydroxylation is 1. The number of carbonyl (C=O) groups is 1. The zero-order chi connectivity index (χ0) is 19.5. The average molecular weight is 391 g/mol. The first-order chi connectivity index (χ1) is 13.1. The third-order valence-electron chi connectivity index (χ3n) is 3.98. The molecule has 2 aromatic rings. The summed E-state index contributed by atoms with van der Waals surface area (Å²) in [7, 11) is 0. The van der Waals surface area contributed by atoms with Gasteiger partial charge in [-0.1, -0.05) is 48.0 Å². The molecular formula is C21H27ClN2O3. The second kappa shape index (κ2) is 11.5. The Bertz CT molecular complexity index is 710. The van der Waals surface area contributed by atoms with Crippen molar-refractivity contribution in [2.45, 2.75) is 32.7 Å². The normalized spacial score (nSPS) is 11.7. The van der Waals surface area contributed by atoms with Crippen LogP contribution in [0, 0.1) is 0 Å². The van der Waals surface area contributed by atoms with Crippen LogP contribution in [0.1, 0.15) is 25.8 Å². The van der Waals surface area contributed by atoms with Gasteiger partial charge in [0.25, 0.3) is 0 Å². The van der Waals surface area contributed by atoms with E-state index in [1.807, 2.05) is 32.0 Å². The topological polar surface area (TPSA) is 59.6 Å². The summed E-state index contributed by atoms with van der Waals surface area (Å²) in [6.07, 6.45) is 1.76. The molecule has 2 aromatic carbocycles. The number of hydrogen-bond acceptors (Lipinski definition) is 3. The molecule has 0 aliphatic rings. The SMILES string of the molecule is CCOCCOc1c(Cl)cccc1NC(=O)NC(C)CCc1ccccc1. The van der Waals surface area contributed by atoms with E-state index < -0.39 is 0 Å². The molecule has 0 aromatic heterocycles. The molecule has 2 amide bonds. The number of anilines is 1. The maximum Gasteiger partial charge on any atom is 0.319 e. The van der Waals surface area contributed by atoms with Crippen LogP contribution >= 0.6 is 11.6 Å². The van der Waals surface area contributed by atoms with Crippen LogP contribution in [0.2, 0.25) is 5.02 Å². The first kappa shape index (κ1) is 21.1. The van der Waals surface area contributed by atoms with E-state index in [9.17, 15) is 4.79 Å². The molecule has 1 atom stereocenters. The maximum absolute atomic E-state index is 12.3. The lowest BCUT2D eigenvalue weighted by atomic mass is 10.1.